The van der Waals surface area contributed by atoms with E-state index in [4.69, 9.17) is 0 Å². The van der Waals surface area contributed by atoms with Crippen molar-refractivity contribution in [3.05, 3.63) is 69.8 Å². The molecule has 0 aliphatic carbocycles. The Hall–Kier alpha value is -3.36. The van der Waals surface area contributed by atoms with E-state index in [1.165, 1.54) is 6.07 Å². The largest absolute Gasteiger partial charge is 0.341 e. The van der Waals surface area contributed by atoms with Gasteiger partial charge >= 0.3 is 0 Å². The van der Waals surface area contributed by atoms with Crippen molar-refractivity contribution in [3.8, 4) is 0 Å². The monoisotopic (exact) mass is 402 g/mol. The van der Waals surface area contributed by atoms with Gasteiger partial charge in [-0.15, -0.1) is 0 Å². The SMILES string of the molecule is O=C(Cc1cc(F)cc(F)c1)Nn1c(N2CCCC2)nc2cc(F)ccc2c1=O. The van der Waals surface area contributed by atoms with Gasteiger partial charge in [-0.05, 0) is 42.7 Å². The van der Waals surface area contributed by atoms with Crippen molar-refractivity contribution in [1.82, 2.24) is 9.66 Å². The van der Waals surface area contributed by atoms with Crippen LogP contribution in [0.1, 0.15) is 18.4 Å². The third-order valence-corrected chi connectivity index (χ3v) is 4.73. The van der Waals surface area contributed by atoms with Crippen LogP contribution in [0.15, 0.2) is 41.2 Å². The number of aromatic nitrogens is 2. The highest BCUT2D eigenvalue weighted by Crippen LogP contribution is 2.19. The maximum absolute atomic E-state index is 13.6. The highest BCUT2D eigenvalue weighted by molar-refractivity contribution is 5.87. The first-order valence-corrected chi connectivity index (χ1v) is 9.13. The average molecular weight is 402 g/mol. The van der Waals surface area contributed by atoms with Gasteiger partial charge in [0, 0.05) is 25.2 Å². The normalized spacial score (nSPS) is 13.8. The second kappa shape index (κ2) is 7.57. The Labute approximate surface area is 163 Å². The Kier molecular flexibility index (Phi) is 4.96. The number of carbonyl (C=O) groups excluding carboxylic acids is 1. The zero-order chi connectivity index (χ0) is 20.5. The number of fused-ring (bicyclic) bond motifs is 1. The molecule has 0 atom stereocenters. The van der Waals surface area contributed by atoms with E-state index < -0.39 is 28.9 Å². The molecule has 0 spiro atoms. The van der Waals surface area contributed by atoms with Crippen molar-refractivity contribution >= 4 is 22.8 Å². The molecule has 3 aromatic rings. The van der Waals surface area contributed by atoms with Gasteiger partial charge in [0.25, 0.3) is 5.56 Å². The van der Waals surface area contributed by atoms with Crippen LogP contribution in [-0.4, -0.2) is 28.7 Å². The number of nitrogens with zero attached hydrogens (tertiary/aromatic N) is 3. The predicted octanol–water partition coefficient (Wildman–Crippen LogP) is 2.73. The number of amides is 1. The smallest absolute Gasteiger partial charge is 0.281 e. The van der Waals surface area contributed by atoms with E-state index in [0.29, 0.717) is 19.2 Å². The molecule has 2 heterocycles. The highest BCUT2D eigenvalue weighted by Gasteiger charge is 2.22. The second-order valence-electron chi connectivity index (χ2n) is 6.90. The molecule has 6 nitrogen and oxygen atoms in total. The maximum Gasteiger partial charge on any atom is 0.281 e. The molecular formula is C20H17F3N4O2. The molecule has 1 amide bonds. The van der Waals surface area contributed by atoms with Crippen LogP contribution in [-0.2, 0) is 11.2 Å². The zero-order valence-electron chi connectivity index (χ0n) is 15.3. The van der Waals surface area contributed by atoms with E-state index in [-0.39, 0.29) is 28.8 Å². The highest BCUT2D eigenvalue weighted by atomic mass is 19.1. The number of benzene rings is 2. The standard InChI is InChI=1S/C20H17F3N4O2/c21-13-3-4-16-17(11-13)24-20(26-5-1-2-6-26)27(19(16)29)25-18(28)9-12-7-14(22)10-15(23)8-12/h3-4,7-8,10-11H,1-2,5-6,9H2,(H,25,28). The summed E-state index contributed by atoms with van der Waals surface area (Å²) in [5.74, 6) is -2.55. The molecular weight excluding hydrogens is 385 g/mol. The molecule has 0 radical (unpaired) electrons. The molecule has 1 fully saturated rings. The van der Waals surface area contributed by atoms with E-state index in [2.05, 4.69) is 10.4 Å². The van der Waals surface area contributed by atoms with E-state index in [0.717, 1.165) is 41.8 Å². The maximum atomic E-state index is 13.6. The topological polar surface area (TPSA) is 67.2 Å². The number of anilines is 1. The van der Waals surface area contributed by atoms with Crippen LogP contribution in [0.2, 0.25) is 0 Å². The lowest BCUT2D eigenvalue weighted by atomic mass is 10.1. The number of halogens is 3. The van der Waals surface area contributed by atoms with Crippen LogP contribution >= 0.6 is 0 Å². The molecule has 1 aromatic heterocycles. The van der Waals surface area contributed by atoms with Gasteiger partial charge in [0.05, 0.1) is 17.3 Å². The Morgan fingerprint density at radius 1 is 1.00 bits per heavy atom. The molecule has 9 heteroatoms. The average Bonchev–Trinajstić information content (AvgIpc) is 3.17. The van der Waals surface area contributed by atoms with E-state index in [9.17, 15) is 22.8 Å². The lowest BCUT2D eigenvalue weighted by molar-refractivity contribution is -0.116. The third-order valence-electron chi connectivity index (χ3n) is 4.73. The van der Waals surface area contributed by atoms with Gasteiger partial charge in [-0.3, -0.25) is 15.0 Å². The van der Waals surface area contributed by atoms with Gasteiger partial charge in [0.15, 0.2) is 0 Å². The quantitative estimate of drug-likeness (QED) is 0.729. The molecule has 0 unspecified atom stereocenters. The Morgan fingerprint density at radius 3 is 2.38 bits per heavy atom. The first kappa shape index (κ1) is 19.0. The minimum absolute atomic E-state index is 0.131. The van der Waals surface area contributed by atoms with Gasteiger partial charge in [0.1, 0.15) is 17.5 Å². The van der Waals surface area contributed by atoms with Crippen molar-refractivity contribution < 1.29 is 18.0 Å². The van der Waals surface area contributed by atoms with E-state index in [1.54, 1.807) is 0 Å². The number of carbonyl (C=O) groups is 1. The summed E-state index contributed by atoms with van der Waals surface area (Å²) in [6.07, 6.45) is 1.46. The van der Waals surface area contributed by atoms with Crippen LogP contribution < -0.4 is 15.9 Å². The van der Waals surface area contributed by atoms with Gasteiger partial charge in [-0.1, -0.05) is 0 Å². The molecule has 2 aromatic carbocycles. The molecule has 0 saturated carbocycles. The number of hydrogen-bond acceptors (Lipinski definition) is 4. The van der Waals surface area contributed by atoms with Crippen molar-refractivity contribution in [2.45, 2.75) is 19.3 Å². The fourth-order valence-electron chi connectivity index (χ4n) is 3.44. The first-order valence-electron chi connectivity index (χ1n) is 9.13. The zero-order valence-corrected chi connectivity index (χ0v) is 15.3. The Bertz CT molecular complexity index is 1140. The number of rotatable bonds is 4. The lowest BCUT2D eigenvalue weighted by Crippen LogP contribution is -2.39. The van der Waals surface area contributed by atoms with Gasteiger partial charge in [-0.25, -0.2) is 18.2 Å². The summed E-state index contributed by atoms with van der Waals surface area (Å²) in [5, 5.41) is 0.145. The minimum atomic E-state index is -0.794. The van der Waals surface area contributed by atoms with Crippen LogP contribution in [0.4, 0.5) is 19.1 Å². The summed E-state index contributed by atoms with van der Waals surface area (Å²) in [7, 11) is 0. The van der Waals surface area contributed by atoms with Gasteiger partial charge in [0.2, 0.25) is 11.9 Å². The fraction of sp³-hybridized carbons (Fsp3) is 0.250. The molecule has 150 valence electrons. The number of hydrogen-bond donors (Lipinski definition) is 1. The summed E-state index contributed by atoms with van der Waals surface area (Å²) in [5.41, 5.74) is 2.23. The summed E-state index contributed by atoms with van der Waals surface area (Å²) in [4.78, 5) is 31.7. The van der Waals surface area contributed by atoms with Gasteiger partial charge in [-0.2, -0.15) is 4.68 Å². The van der Waals surface area contributed by atoms with E-state index >= 15 is 0 Å². The first-order chi connectivity index (χ1) is 13.9. The Balaban J connectivity index is 1.72. The Morgan fingerprint density at radius 2 is 1.69 bits per heavy atom. The van der Waals surface area contributed by atoms with Crippen molar-refractivity contribution in [2.24, 2.45) is 0 Å². The van der Waals surface area contributed by atoms with Crippen molar-refractivity contribution in [3.63, 3.8) is 0 Å². The van der Waals surface area contributed by atoms with Crippen LogP contribution in [0.25, 0.3) is 10.9 Å². The molecule has 1 saturated heterocycles. The van der Waals surface area contributed by atoms with Crippen LogP contribution in [0.5, 0.6) is 0 Å². The molecule has 0 bridgehead atoms. The molecule has 1 aliphatic heterocycles. The van der Waals surface area contributed by atoms with Crippen LogP contribution in [0.3, 0.4) is 0 Å². The summed E-state index contributed by atoms with van der Waals surface area (Å²) in [6, 6.07) is 6.42. The third kappa shape index (κ3) is 3.94. The molecule has 4 rings (SSSR count). The van der Waals surface area contributed by atoms with Crippen molar-refractivity contribution in [2.75, 3.05) is 23.4 Å². The molecule has 1 aliphatic rings. The molecule has 1 N–H and O–H groups in total. The summed E-state index contributed by atoms with van der Waals surface area (Å²) >= 11 is 0. The van der Waals surface area contributed by atoms with Crippen LogP contribution in [0, 0.1) is 17.5 Å². The summed E-state index contributed by atoms with van der Waals surface area (Å²) in [6.45, 7) is 1.27. The minimum Gasteiger partial charge on any atom is -0.341 e. The lowest BCUT2D eigenvalue weighted by Gasteiger charge is -2.22. The summed E-state index contributed by atoms with van der Waals surface area (Å²) < 4.78 is 41.4. The van der Waals surface area contributed by atoms with Gasteiger partial charge < -0.3 is 4.90 Å². The second-order valence-corrected chi connectivity index (χ2v) is 6.90. The predicted molar refractivity (Wildman–Crippen MR) is 102 cm³/mol. The molecule has 29 heavy (non-hydrogen) atoms. The number of nitrogens with one attached hydrogen (secondary N) is 1. The fourth-order valence-corrected chi connectivity index (χ4v) is 3.44. The van der Waals surface area contributed by atoms with E-state index in [1.807, 2.05) is 4.90 Å². The van der Waals surface area contributed by atoms with Crippen molar-refractivity contribution in [1.29, 1.82) is 0 Å².